The number of nitrogens with two attached hydrogens (primary N) is 1. The van der Waals surface area contributed by atoms with Crippen molar-refractivity contribution in [3.05, 3.63) is 29.6 Å². The van der Waals surface area contributed by atoms with Crippen LogP contribution in [0.3, 0.4) is 0 Å². The number of hydrogen-bond acceptors (Lipinski definition) is 3. The molecule has 0 aliphatic heterocycles. The van der Waals surface area contributed by atoms with Crippen LogP contribution < -0.4 is 10.5 Å². The van der Waals surface area contributed by atoms with Crippen molar-refractivity contribution in [2.45, 2.75) is 39.3 Å². The molecule has 0 spiro atoms. The van der Waals surface area contributed by atoms with E-state index in [4.69, 9.17) is 10.5 Å². The highest BCUT2D eigenvalue weighted by molar-refractivity contribution is 5.85. The van der Waals surface area contributed by atoms with Crippen molar-refractivity contribution in [2.24, 2.45) is 11.1 Å². The van der Waals surface area contributed by atoms with Crippen LogP contribution in [0.2, 0.25) is 0 Å². The highest BCUT2D eigenvalue weighted by atomic mass is 35.5. The second-order valence-electron chi connectivity index (χ2n) is 5.61. The first-order valence-corrected chi connectivity index (χ1v) is 6.02. The van der Waals surface area contributed by atoms with Crippen LogP contribution in [-0.4, -0.2) is 18.3 Å². The summed E-state index contributed by atoms with van der Waals surface area (Å²) in [5.74, 6) is 0.0826. The summed E-state index contributed by atoms with van der Waals surface area (Å²) in [6, 6.07) is 4.11. The molecule has 0 saturated carbocycles. The largest absolute Gasteiger partial charge is 0.497 e. The lowest BCUT2D eigenvalue weighted by molar-refractivity contribution is 0.129. The zero-order valence-corrected chi connectivity index (χ0v) is 12.6. The molecule has 0 aliphatic rings. The number of benzene rings is 1. The monoisotopic (exact) mass is 291 g/mol. The number of hydrogen-bond donors (Lipinski definition) is 2. The molecule has 1 aromatic carbocycles. The lowest BCUT2D eigenvalue weighted by atomic mass is 9.83. The normalized spacial score (nSPS) is 14.5. The van der Waals surface area contributed by atoms with Gasteiger partial charge in [-0.05, 0) is 30.0 Å². The Morgan fingerprint density at radius 2 is 1.95 bits per heavy atom. The number of aliphatic hydroxyl groups excluding tert-OH is 1. The fraction of sp³-hybridized carbons (Fsp3) is 0.571. The molecule has 3 nitrogen and oxygen atoms in total. The molecule has 0 aliphatic carbocycles. The van der Waals surface area contributed by atoms with Gasteiger partial charge in [-0.2, -0.15) is 0 Å². The number of methoxy groups -OCH3 is 1. The van der Waals surface area contributed by atoms with E-state index in [1.54, 1.807) is 0 Å². The van der Waals surface area contributed by atoms with E-state index in [1.807, 2.05) is 20.8 Å². The van der Waals surface area contributed by atoms with E-state index in [1.165, 1.54) is 25.3 Å². The van der Waals surface area contributed by atoms with Crippen molar-refractivity contribution in [1.29, 1.82) is 0 Å². The Bertz CT molecular complexity index is 407. The lowest BCUT2D eigenvalue weighted by Crippen LogP contribution is -2.36. The van der Waals surface area contributed by atoms with Crippen LogP contribution in [0.15, 0.2) is 18.2 Å². The van der Waals surface area contributed by atoms with Crippen molar-refractivity contribution in [2.75, 3.05) is 7.11 Å². The molecular weight excluding hydrogens is 269 g/mol. The van der Waals surface area contributed by atoms with Gasteiger partial charge in [0.15, 0.2) is 0 Å². The minimum Gasteiger partial charge on any atom is -0.497 e. The Morgan fingerprint density at radius 1 is 1.37 bits per heavy atom. The van der Waals surface area contributed by atoms with Gasteiger partial charge in [0.25, 0.3) is 0 Å². The van der Waals surface area contributed by atoms with E-state index in [-0.39, 0.29) is 29.4 Å². The van der Waals surface area contributed by atoms with Gasteiger partial charge in [0.05, 0.1) is 13.2 Å². The first-order valence-electron chi connectivity index (χ1n) is 6.02. The smallest absolute Gasteiger partial charge is 0.129 e. The molecule has 110 valence electrons. The van der Waals surface area contributed by atoms with E-state index in [0.717, 1.165) is 0 Å². The molecule has 0 unspecified atom stereocenters. The van der Waals surface area contributed by atoms with Gasteiger partial charge in [-0.3, -0.25) is 0 Å². The molecule has 1 rings (SSSR count). The first kappa shape index (κ1) is 18.2. The Hall–Kier alpha value is -0.840. The summed E-state index contributed by atoms with van der Waals surface area (Å²) < 4.78 is 18.7. The Labute approximate surface area is 120 Å². The predicted molar refractivity (Wildman–Crippen MR) is 77.2 cm³/mol. The summed E-state index contributed by atoms with van der Waals surface area (Å²) in [6.45, 7) is 5.98. The van der Waals surface area contributed by atoms with Gasteiger partial charge in [0.2, 0.25) is 0 Å². The third-order valence-corrected chi connectivity index (χ3v) is 3.15. The molecule has 0 radical (unpaired) electrons. The SMILES string of the molecule is COc1ccc(F)c([C@H](O)C[C@@H](N)C(C)(C)C)c1.Cl. The fourth-order valence-corrected chi connectivity index (χ4v) is 1.63. The molecule has 19 heavy (non-hydrogen) atoms. The van der Waals surface area contributed by atoms with E-state index >= 15 is 0 Å². The zero-order valence-electron chi connectivity index (χ0n) is 11.8. The van der Waals surface area contributed by atoms with Crippen LogP contribution in [0.4, 0.5) is 4.39 Å². The van der Waals surface area contributed by atoms with Gasteiger partial charge < -0.3 is 15.6 Å². The summed E-state index contributed by atoms with van der Waals surface area (Å²) >= 11 is 0. The maximum Gasteiger partial charge on any atom is 0.129 e. The quantitative estimate of drug-likeness (QED) is 0.896. The third kappa shape index (κ3) is 4.97. The Kier molecular flexibility index (Phi) is 6.77. The Morgan fingerprint density at radius 3 is 2.42 bits per heavy atom. The Balaban J connectivity index is 0.00000324. The summed E-state index contributed by atoms with van der Waals surface area (Å²) in [6.07, 6.45) is -0.609. The fourth-order valence-electron chi connectivity index (χ4n) is 1.63. The molecule has 2 atom stereocenters. The van der Waals surface area contributed by atoms with Crippen molar-refractivity contribution in [1.82, 2.24) is 0 Å². The average molecular weight is 292 g/mol. The molecule has 3 N–H and O–H groups in total. The van der Waals surface area contributed by atoms with Gasteiger partial charge in [-0.15, -0.1) is 12.4 Å². The van der Waals surface area contributed by atoms with Crippen molar-refractivity contribution < 1.29 is 14.2 Å². The number of ether oxygens (including phenoxy) is 1. The van der Waals surface area contributed by atoms with Crippen LogP contribution in [0.1, 0.15) is 38.9 Å². The van der Waals surface area contributed by atoms with Crippen molar-refractivity contribution >= 4 is 12.4 Å². The van der Waals surface area contributed by atoms with Gasteiger partial charge in [0.1, 0.15) is 11.6 Å². The zero-order chi connectivity index (χ0) is 13.9. The minimum absolute atomic E-state index is 0. The van der Waals surface area contributed by atoms with E-state index in [2.05, 4.69) is 0 Å². The van der Waals surface area contributed by atoms with Gasteiger partial charge in [-0.1, -0.05) is 20.8 Å². The lowest BCUT2D eigenvalue weighted by Gasteiger charge is -2.29. The molecule has 0 fully saturated rings. The number of aliphatic hydroxyl groups is 1. The van der Waals surface area contributed by atoms with Crippen LogP contribution in [0, 0.1) is 11.2 Å². The van der Waals surface area contributed by atoms with Crippen LogP contribution >= 0.6 is 12.4 Å². The van der Waals surface area contributed by atoms with Crippen LogP contribution in [0.5, 0.6) is 5.75 Å². The number of rotatable bonds is 4. The summed E-state index contributed by atoms with van der Waals surface area (Å²) in [4.78, 5) is 0. The third-order valence-electron chi connectivity index (χ3n) is 3.15. The molecule has 0 aromatic heterocycles. The minimum atomic E-state index is -0.922. The summed E-state index contributed by atoms with van der Waals surface area (Å²) in [7, 11) is 1.50. The van der Waals surface area contributed by atoms with E-state index in [9.17, 15) is 9.50 Å². The molecule has 5 heteroatoms. The van der Waals surface area contributed by atoms with Crippen LogP contribution in [-0.2, 0) is 0 Å². The molecule has 0 bridgehead atoms. The summed E-state index contributed by atoms with van der Waals surface area (Å²) in [5.41, 5.74) is 6.10. The first-order chi connectivity index (χ1) is 8.25. The predicted octanol–water partition coefficient (Wildman–Crippen LogP) is 3.05. The van der Waals surface area contributed by atoms with E-state index in [0.29, 0.717) is 12.2 Å². The second kappa shape index (κ2) is 7.08. The van der Waals surface area contributed by atoms with Crippen molar-refractivity contribution in [3.63, 3.8) is 0 Å². The second-order valence-corrected chi connectivity index (χ2v) is 5.61. The standard InChI is InChI=1S/C14H22FNO2.ClH/c1-14(2,3)13(16)8-12(17)10-7-9(18-4)5-6-11(10)15;/h5-7,12-13,17H,8,16H2,1-4H3;1H/t12-,13-;/m1./s1. The summed E-state index contributed by atoms with van der Waals surface area (Å²) in [5, 5.41) is 10.1. The molecule has 0 saturated heterocycles. The maximum atomic E-state index is 13.6. The topological polar surface area (TPSA) is 55.5 Å². The average Bonchev–Trinajstić information content (AvgIpc) is 2.28. The molecular formula is C14H23ClFNO2. The molecule has 0 amide bonds. The molecule has 0 heterocycles. The highest BCUT2D eigenvalue weighted by Gasteiger charge is 2.25. The number of halogens is 2. The van der Waals surface area contributed by atoms with Crippen LogP contribution in [0.25, 0.3) is 0 Å². The highest BCUT2D eigenvalue weighted by Crippen LogP contribution is 2.29. The van der Waals surface area contributed by atoms with Gasteiger partial charge in [0, 0.05) is 11.6 Å². The molecule has 1 aromatic rings. The van der Waals surface area contributed by atoms with Gasteiger partial charge in [-0.25, -0.2) is 4.39 Å². The van der Waals surface area contributed by atoms with Gasteiger partial charge >= 0.3 is 0 Å². The maximum absolute atomic E-state index is 13.6. The van der Waals surface area contributed by atoms with E-state index < -0.39 is 11.9 Å². The van der Waals surface area contributed by atoms with Crippen molar-refractivity contribution in [3.8, 4) is 5.75 Å².